The second-order valence-corrected chi connectivity index (χ2v) is 4.80. The highest BCUT2D eigenvalue weighted by atomic mass is 16.6. The predicted molar refractivity (Wildman–Crippen MR) is 79.3 cm³/mol. The largest absolute Gasteiger partial charge is 0.423 e. The fourth-order valence-corrected chi connectivity index (χ4v) is 1.87. The fraction of sp³-hybridized carbons (Fsp3) is 0.188. The van der Waals surface area contributed by atoms with Crippen molar-refractivity contribution < 1.29 is 19.6 Å². The molecular formula is C16H15NO5. The van der Waals surface area contributed by atoms with Crippen LogP contribution in [-0.2, 0) is 0 Å². The van der Waals surface area contributed by atoms with Gasteiger partial charge in [0, 0.05) is 11.8 Å². The molecule has 6 heteroatoms. The molecule has 0 heterocycles. The quantitative estimate of drug-likeness (QED) is 0.397. The normalized spacial score (nSPS) is 13.2. The Kier molecular flexibility index (Phi) is 4.85. The topological polar surface area (TPSA) is 89.7 Å². The molecule has 2 atom stereocenters. The third kappa shape index (κ3) is 3.67. The number of benzene rings is 2. The summed E-state index contributed by atoms with van der Waals surface area (Å²) in [4.78, 5) is 22.0. The van der Waals surface area contributed by atoms with Crippen LogP contribution in [0.5, 0.6) is 5.75 Å². The molecule has 0 amide bonds. The van der Waals surface area contributed by atoms with Crippen molar-refractivity contribution in [3.63, 3.8) is 0 Å². The minimum Gasteiger partial charge on any atom is -0.423 e. The Labute approximate surface area is 127 Å². The van der Waals surface area contributed by atoms with Gasteiger partial charge in [0.2, 0.25) is 6.04 Å². The van der Waals surface area contributed by atoms with Gasteiger partial charge in [0.25, 0.3) is 0 Å². The Balaban J connectivity index is 2.06. The minimum absolute atomic E-state index is 0.304. The van der Waals surface area contributed by atoms with Gasteiger partial charge < -0.3 is 9.84 Å². The summed E-state index contributed by atoms with van der Waals surface area (Å²) in [5.74, 6) is -0.189. The molecule has 22 heavy (non-hydrogen) atoms. The summed E-state index contributed by atoms with van der Waals surface area (Å²) >= 11 is 0. The number of carbonyl (C=O) groups is 1. The van der Waals surface area contributed by atoms with Crippen LogP contribution in [0.3, 0.4) is 0 Å². The first kappa shape index (κ1) is 15.7. The number of ether oxygens (including phenoxy) is 1. The Morgan fingerprint density at radius 1 is 1.14 bits per heavy atom. The van der Waals surface area contributed by atoms with Gasteiger partial charge in [-0.1, -0.05) is 30.3 Å². The lowest BCUT2D eigenvalue weighted by Crippen LogP contribution is -2.23. The third-order valence-corrected chi connectivity index (χ3v) is 3.23. The Hall–Kier alpha value is -2.73. The zero-order chi connectivity index (χ0) is 16.1. The van der Waals surface area contributed by atoms with E-state index in [1.54, 1.807) is 30.3 Å². The molecule has 114 valence electrons. The molecular weight excluding hydrogens is 286 g/mol. The number of nitro groups is 1. The molecule has 0 saturated heterocycles. The van der Waals surface area contributed by atoms with E-state index in [-0.39, 0.29) is 0 Å². The van der Waals surface area contributed by atoms with Gasteiger partial charge in [-0.3, -0.25) is 10.1 Å². The lowest BCUT2D eigenvalue weighted by atomic mass is 10.0. The van der Waals surface area contributed by atoms with E-state index in [1.165, 1.54) is 31.2 Å². The SMILES string of the molecule is C[C@@H]([C@@H](O)c1ccc(OC(=O)c2ccccc2)cc1)[N+](=O)[O-]. The zero-order valence-corrected chi connectivity index (χ0v) is 11.9. The fourth-order valence-electron chi connectivity index (χ4n) is 1.87. The molecule has 0 radical (unpaired) electrons. The number of carbonyl (C=O) groups excluding carboxylic acids is 1. The average Bonchev–Trinajstić information content (AvgIpc) is 2.55. The monoisotopic (exact) mass is 301 g/mol. The maximum absolute atomic E-state index is 11.9. The van der Waals surface area contributed by atoms with Crippen LogP contribution in [0, 0.1) is 10.1 Å². The van der Waals surface area contributed by atoms with Crippen molar-refractivity contribution in [2.24, 2.45) is 0 Å². The lowest BCUT2D eigenvalue weighted by molar-refractivity contribution is -0.531. The highest BCUT2D eigenvalue weighted by Gasteiger charge is 2.25. The molecule has 2 aromatic carbocycles. The van der Waals surface area contributed by atoms with Crippen LogP contribution in [-0.4, -0.2) is 22.0 Å². The number of aliphatic hydroxyl groups is 1. The minimum atomic E-state index is -1.21. The smallest absolute Gasteiger partial charge is 0.343 e. The zero-order valence-electron chi connectivity index (χ0n) is 11.9. The molecule has 0 bridgehead atoms. The van der Waals surface area contributed by atoms with Crippen LogP contribution in [0.25, 0.3) is 0 Å². The van der Waals surface area contributed by atoms with Crippen LogP contribution >= 0.6 is 0 Å². The molecule has 0 unspecified atom stereocenters. The van der Waals surface area contributed by atoms with Crippen molar-refractivity contribution in [2.75, 3.05) is 0 Å². The number of esters is 1. The van der Waals surface area contributed by atoms with Crippen LogP contribution in [0.4, 0.5) is 0 Å². The van der Waals surface area contributed by atoms with Gasteiger partial charge in [0.15, 0.2) is 0 Å². The summed E-state index contributed by atoms with van der Waals surface area (Å²) in [6.07, 6.45) is -1.21. The molecule has 1 N–H and O–H groups in total. The molecule has 0 aliphatic carbocycles. The van der Waals surface area contributed by atoms with E-state index in [1.807, 2.05) is 0 Å². The van der Waals surface area contributed by atoms with Crippen molar-refractivity contribution in [3.05, 3.63) is 75.8 Å². The van der Waals surface area contributed by atoms with Gasteiger partial charge in [-0.25, -0.2) is 4.79 Å². The summed E-state index contributed by atoms with van der Waals surface area (Å²) in [6, 6.07) is 13.4. The highest BCUT2D eigenvalue weighted by molar-refractivity contribution is 5.90. The molecule has 6 nitrogen and oxygen atoms in total. The van der Waals surface area contributed by atoms with Crippen molar-refractivity contribution in [1.82, 2.24) is 0 Å². The number of aliphatic hydroxyl groups excluding tert-OH is 1. The Morgan fingerprint density at radius 3 is 2.27 bits per heavy atom. The molecule has 2 aromatic rings. The van der Waals surface area contributed by atoms with E-state index in [0.717, 1.165) is 0 Å². The van der Waals surface area contributed by atoms with E-state index < -0.39 is 23.0 Å². The second-order valence-electron chi connectivity index (χ2n) is 4.80. The molecule has 0 spiro atoms. The molecule has 0 aliphatic rings. The molecule has 0 saturated carbocycles. The van der Waals surface area contributed by atoms with E-state index >= 15 is 0 Å². The first-order valence-corrected chi connectivity index (χ1v) is 6.68. The van der Waals surface area contributed by atoms with Gasteiger partial charge in [0.1, 0.15) is 11.9 Å². The first-order valence-electron chi connectivity index (χ1n) is 6.68. The highest BCUT2D eigenvalue weighted by Crippen LogP contribution is 2.22. The standard InChI is InChI=1S/C16H15NO5/c1-11(17(20)21)15(18)12-7-9-14(10-8-12)22-16(19)13-5-3-2-4-6-13/h2-11,15,18H,1H3/t11-,15+/m0/s1. The van der Waals surface area contributed by atoms with Crippen molar-refractivity contribution in [2.45, 2.75) is 19.1 Å². The van der Waals surface area contributed by atoms with Crippen LogP contribution in [0.1, 0.15) is 28.9 Å². The van der Waals surface area contributed by atoms with Crippen molar-refractivity contribution in [1.29, 1.82) is 0 Å². The number of rotatable bonds is 5. The maximum Gasteiger partial charge on any atom is 0.343 e. The molecule has 2 rings (SSSR count). The number of hydrogen-bond donors (Lipinski definition) is 1. The molecule has 0 aliphatic heterocycles. The summed E-state index contributed by atoms with van der Waals surface area (Å²) in [6.45, 7) is 1.33. The van der Waals surface area contributed by atoms with E-state index in [4.69, 9.17) is 4.74 Å². The van der Waals surface area contributed by atoms with Gasteiger partial charge >= 0.3 is 5.97 Å². The summed E-state index contributed by atoms with van der Waals surface area (Å²) in [5, 5.41) is 20.5. The summed E-state index contributed by atoms with van der Waals surface area (Å²) in [5.41, 5.74) is 0.817. The number of hydrogen-bond acceptors (Lipinski definition) is 5. The van der Waals surface area contributed by atoms with E-state index in [2.05, 4.69) is 0 Å². The third-order valence-electron chi connectivity index (χ3n) is 3.23. The van der Waals surface area contributed by atoms with Gasteiger partial charge in [-0.2, -0.15) is 0 Å². The summed E-state index contributed by atoms with van der Waals surface area (Å²) < 4.78 is 5.19. The lowest BCUT2D eigenvalue weighted by Gasteiger charge is -2.13. The van der Waals surface area contributed by atoms with Crippen LogP contribution < -0.4 is 4.74 Å². The second kappa shape index (κ2) is 6.82. The van der Waals surface area contributed by atoms with Gasteiger partial charge in [-0.05, 0) is 29.8 Å². The van der Waals surface area contributed by atoms with Crippen LogP contribution in [0.15, 0.2) is 54.6 Å². The molecule has 0 aromatic heterocycles. The summed E-state index contributed by atoms with van der Waals surface area (Å²) in [7, 11) is 0. The maximum atomic E-state index is 11.9. The Morgan fingerprint density at radius 2 is 1.73 bits per heavy atom. The van der Waals surface area contributed by atoms with Gasteiger partial charge in [0.05, 0.1) is 5.56 Å². The average molecular weight is 301 g/mol. The predicted octanol–water partition coefficient (Wildman–Crippen LogP) is 2.60. The van der Waals surface area contributed by atoms with Crippen LogP contribution in [0.2, 0.25) is 0 Å². The van der Waals surface area contributed by atoms with E-state index in [0.29, 0.717) is 16.9 Å². The Bertz CT molecular complexity index is 654. The molecule has 0 fully saturated rings. The van der Waals surface area contributed by atoms with Crippen molar-refractivity contribution in [3.8, 4) is 5.75 Å². The van der Waals surface area contributed by atoms with Crippen molar-refractivity contribution >= 4 is 5.97 Å². The van der Waals surface area contributed by atoms with E-state index in [9.17, 15) is 20.0 Å². The number of nitrogens with zero attached hydrogens (tertiary/aromatic N) is 1. The van der Waals surface area contributed by atoms with Gasteiger partial charge in [-0.15, -0.1) is 0 Å². The first-order chi connectivity index (χ1) is 10.5.